The van der Waals surface area contributed by atoms with Crippen LogP contribution < -0.4 is 0 Å². The molecule has 0 spiro atoms. The Morgan fingerprint density at radius 1 is 1.14 bits per heavy atom. The molecule has 0 radical (unpaired) electrons. The predicted octanol–water partition coefficient (Wildman–Crippen LogP) is 3.07. The fourth-order valence-electron chi connectivity index (χ4n) is 2.04. The topological polar surface area (TPSA) is 60.8 Å². The van der Waals surface area contributed by atoms with Gasteiger partial charge in [0.1, 0.15) is 11.5 Å². The van der Waals surface area contributed by atoms with Gasteiger partial charge >= 0.3 is 0 Å². The molecule has 0 aliphatic heterocycles. The third-order valence-corrected chi connectivity index (χ3v) is 3.31. The lowest BCUT2D eigenvalue weighted by atomic mass is 10.1. The molecule has 0 unspecified atom stereocenters. The zero-order chi connectivity index (χ0) is 15.4. The number of ketones is 1. The number of carbonyl (C=O) groups excluding carboxylic acids is 1. The Balaban J connectivity index is 2.00. The second kappa shape index (κ2) is 6.61. The normalized spacial score (nSPS) is 10.8. The van der Waals surface area contributed by atoms with E-state index in [2.05, 4.69) is 0 Å². The van der Waals surface area contributed by atoms with Gasteiger partial charge in [-0.15, -0.1) is 0 Å². The van der Waals surface area contributed by atoms with E-state index in [9.17, 15) is 15.0 Å². The maximum absolute atomic E-state index is 12.1. The highest BCUT2D eigenvalue weighted by atomic mass is 35.5. The third-order valence-electron chi connectivity index (χ3n) is 3.06. The van der Waals surface area contributed by atoms with Gasteiger partial charge in [-0.2, -0.15) is 0 Å². The van der Waals surface area contributed by atoms with Crippen molar-refractivity contribution in [3.8, 4) is 11.5 Å². The fourth-order valence-corrected chi connectivity index (χ4v) is 2.17. The van der Waals surface area contributed by atoms with Crippen molar-refractivity contribution in [3.05, 3.63) is 58.6 Å². The Bertz CT molecular complexity index is 640. The first-order valence-corrected chi connectivity index (χ1v) is 6.81. The molecule has 0 fully saturated rings. The molecular formula is C16H16ClNO3. The van der Waals surface area contributed by atoms with E-state index in [-0.39, 0.29) is 29.4 Å². The molecule has 2 rings (SSSR count). The van der Waals surface area contributed by atoms with Crippen LogP contribution in [0.1, 0.15) is 15.9 Å². The van der Waals surface area contributed by atoms with Crippen molar-refractivity contribution in [3.63, 3.8) is 0 Å². The number of aromatic hydroxyl groups is 2. The van der Waals surface area contributed by atoms with E-state index >= 15 is 0 Å². The maximum Gasteiger partial charge on any atom is 0.180 e. The zero-order valence-corrected chi connectivity index (χ0v) is 12.3. The van der Waals surface area contributed by atoms with Gasteiger partial charge in [0.25, 0.3) is 0 Å². The number of phenolic OH excluding ortho intramolecular Hbond substituents is 2. The minimum atomic E-state index is -0.208. The number of rotatable bonds is 5. The van der Waals surface area contributed by atoms with Gasteiger partial charge in [0, 0.05) is 17.6 Å². The number of hydrogen-bond donors (Lipinski definition) is 2. The maximum atomic E-state index is 12.1. The second-order valence-corrected chi connectivity index (χ2v) is 5.36. The van der Waals surface area contributed by atoms with Gasteiger partial charge in [0.15, 0.2) is 5.78 Å². The van der Waals surface area contributed by atoms with Crippen molar-refractivity contribution < 1.29 is 15.0 Å². The first-order chi connectivity index (χ1) is 9.95. The molecule has 110 valence electrons. The molecule has 0 bridgehead atoms. The molecule has 2 aromatic carbocycles. The summed E-state index contributed by atoms with van der Waals surface area (Å²) < 4.78 is 0. The molecule has 0 atom stereocenters. The van der Waals surface area contributed by atoms with Gasteiger partial charge in [0.05, 0.1) is 12.1 Å². The third kappa shape index (κ3) is 4.21. The summed E-state index contributed by atoms with van der Waals surface area (Å²) in [7, 11) is 1.82. The molecule has 0 aliphatic rings. The van der Waals surface area contributed by atoms with Crippen LogP contribution in [-0.4, -0.2) is 34.5 Å². The first kappa shape index (κ1) is 15.4. The zero-order valence-electron chi connectivity index (χ0n) is 11.6. The van der Waals surface area contributed by atoms with Crippen LogP contribution in [0.25, 0.3) is 0 Å². The number of phenols is 2. The summed E-state index contributed by atoms with van der Waals surface area (Å²) in [6.45, 7) is 0.767. The minimum absolute atomic E-state index is 0.0708. The number of likely N-dealkylation sites (N-methyl/N-ethyl adjacent to an activating group) is 1. The molecule has 0 aliphatic carbocycles. The lowest BCUT2D eigenvalue weighted by molar-refractivity contribution is 0.0940. The van der Waals surface area contributed by atoms with Crippen molar-refractivity contribution in [2.75, 3.05) is 13.6 Å². The van der Waals surface area contributed by atoms with Crippen LogP contribution >= 0.6 is 11.6 Å². The Morgan fingerprint density at radius 3 is 2.43 bits per heavy atom. The molecule has 0 amide bonds. The van der Waals surface area contributed by atoms with E-state index < -0.39 is 0 Å². The van der Waals surface area contributed by atoms with Gasteiger partial charge in [0.2, 0.25) is 0 Å². The number of hydrogen-bond acceptors (Lipinski definition) is 4. The van der Waals surface area contributed by atoms with Crippen molar-refractivity contribution in [2.45, 2.75) is 6.54 Å². The summed E-state index contributed by atoms with van der Waals surface area (Å²) >= 11 is 5.83. The highest BCUT2D eigenvalue weighted by molar-refractivity contribution is 6.30. The largest absolute Gasteiger partial charge is 0.508 e. The minimum Gasteiger partial charge on any atom is -0.508 e. The predicted molar refractivity (Wildman–Crippen MR) is 81.9 cm³/mol. The van der Waals surface area contributed by atoms with Crippen LogP contribution in [0.4, 0.5) is 0 Å². The summed E-state index contributed by atoms with van der Waals surface area (Å²) in [5.41, 5.74) is 1.25. The summed E-state index contributed by atoms with van der Waals surface area (Å²) in [5.74, 6) is -0.484. The number of nitrogens with zero attached hydrogens (tertiary/aromatic N) is 1. The molecule has 2 aromatic rings. The Labute approximate surface area is 128 Å². The average molecular weight is 306 g/mol. The molecular weight excluding hydrogens is 290 g/mol. The van der Waals surface area contributed by atoms with Crippen LogP contribution in [0.2, 0.25) is 5.02 Å². The number of Topliss-reactive ketones (excluding diaryl/α,β-unsaturated/α-hetero) is 1. The van der Waals surface area contributed by atoms with Crippen LogP contribution in [0.3, 0.4) is 0 Å². The molecule has 5 heteroatoms. The van der Waals surface area contributed by atoms with E-state index in [1.165, 1.54) is 12.1 Å². The summed E-state index contributed by atoms with van der Waals surface area (Å²) in [4.78, 5) is 14.0. The number of carbonyl (C=O) groups is 1. The Morgan fingerprint density at radius 2 is 1.81 bits per heavy atom. The SMILES string of the molecule is CN(CC(=O)c1ccc(O)cc1O)Cc1ccc(Cl)cc1. The quantitative estimate of drug-likeness (QED) is 0.834. The van der Waals surface area contributed by atoms with E-state index in [0.29, 0.717) is 11.6 Å². The van der Waals surface area contributed by atoms with Crippen molar-refractivity contribution >= 4 is 17.4 Å². The molecule has 4 nitrogen and oxygen atoms in total. The smallest absolute Gasteiger partial charge is 0.180 e. The molecule has 2 N–H and O–H groups in total. The standard InChI is InChI=1S/C16H16ClNO3/c1-18(9-11-2-4-12(17)5-3-11)10-16(21)14-7-6-13(19)8-15(14)20/h2-8,19-20H,9-10H2,1H3. The van der Waals surface area contributed by atoms with Gasteiger partial charge < -0.3 is 10.2 Å². The molecule has 0 aromatic heterocycles. The lowest BCUT2D eigenvalue weighted by Crippen LogP contribution is -2.25. The molecule has 0 heterocycles. The summed E-state index contributed by atoms with van der Waals surface area (Å²) in [6.07, 6.45) is 0. The lowest BCUT2D eigenvalue weighted by Gasteiger charge is -2.16. The first-order valence-electron chi connectivity index (χ1n) is 6.44. The average Bonchev–Trinajstić information content (AvgIpc) is 2.41. The van der Waals surface area contributed by atoms with Crippen molar-refractivity contribution in [2.24, 2.45) is 0 Å². The van der Waals surface area contributed by atoms with E-state index in [1.54, 1.807) is 12.1 Å². The van der Waals surface area contributed by atoms with Crippen LogP contribution in [0, 0.1) is 0 Å². The Kier molecular flexibility index (Phi) is 4.83. The fraction of sp³-hybridized carbons (Fsp3) is 0.188. The number of benzene rings is 2. The van der Waals surface area contributed by atoms with E-state index in [1.807, 2.05) is 24.1 Å². The van der Waals surface area contributed by atoms with Crippen molar-refractivity contribution in [1.29, 1.82) is 0 Å². The van der Waals surface area contributed by atoms with Crippen LogP contribution in [0.15, 0.2) is 42.5 Å². The van der Waals surface area contributed by atoms with Gasteiger partial charge in [-0.25, -0.2) is 0 Å². The van der Waals surface area contributed by atoms with Gasteiger partial charge in [-0.1, -0.05) is 23.7 Å². The van der Waals surface area contributed by atoms with Crippen LogP contribution in [-0.2, 0) is 6.54 Å². The molecule has 21 heavy (non-hydrogen) atoms. The highest BCUT2D eigenvalue weighted by Crippen LogP contribution is 2.23. The summed E-state index contributed by atoms with van der Waals surface area (Å²) in [5, 5.41) is 19.6. The number of halogens is 1. The highest BCUT2D eigenvalue weighted by Gasteiger charge is 2.14. The van der Waals surface area contributed by atoms with Crippen molar-refractivity contribution in [1.82, 2.24) is 4.90 Å². The Hall–Kier alpha value is -2.04. The van der Waals surface area contributed by atoms with Gasteiger partial charge in [-0.05, 0) is 36.9 Å². The summed E-state index contributed by atoms with van der Waals surface area (Å²) in [6, 6.07) is 11.4. The van der Waals surface area contributed by atoms with E-state index in [0.717, 1.165) is 11.6 Å². The second-order valence-electron chi connectivity index (χ2n) is 4.92. The van der Waals surface area contributed by atoms with Gasteiger partial charge in [-0.3, -0.25) is 9.69 Å². The van der Waals surface area contributed by atoms with Crippen LogP contribution in [0.5, 0.6) is 11.5 Å². The molecule has 0 saturated heterocycles. The van der Waals surface area contributed by atoms with E-state index in [4.69, 9.17) is 11.6 Å². The monoisotopic (exact) mass is 305 g/mol. The molecule has 0 saturated carbocycles.